The first kappa shape index (κ1) is 17.9. The first-order valence-corrected chi connectivity index (χ1v) is 8.63. The van der Waals surface area contributed by atoms with Gasteiger partial charge in [0.1, 0.15) is 11.6 Å². The first-order chi connectivity index (χ1) is 12.7. The molecule has 0 atom stereocenters. The highest BCUT2D eigenvalue weighted by molar-refractivity contribution is 5.77. The summed E-state index contributed by atoms with van der Waals surface area (Å²) in [6, 6.07) is 15.4. The van der Waals surface area contributed by atoms with Crippen LogP contribution in [-0.4, -0.2) is 35.1 Å². The molecule has 0 saturated heterocycles. The minimum atomic E-state index is -0.0870. The number of aromatic nitrogens is 2. The van der Waals surface area contributed by atoms with E-state index >= 15 is 0 Å². The van der Waals surface area contributed by atoms with Crippen LogP contribution in [0.1, 0.15) is 11.4 Å². The van der Waals surface area contributed by atoms with E-state index in [1.807, 2.05) is 36.4 Å². The van der Waals surface area contributed by atoms with Gasteiger partial charge in [0.15, 0.2) is 0 Å². The highest BCUT2D eigenvalue weighted by atomic mass is 16.5. The summed E-state index contributed by atoms with van der Waals surface area (Å²) < 4.78 is 5.20. The van der Waals surface area contributed by atoms with E-state index in [1.54, 1.807) is 13.2 Å². The van der Waals surface area contributed by atoms with Gasteiger partial charge < -0.3 is 9.72 Å². The molecule has 1 aromatic heterocycles. The normalized spacial score (nSPS) is 11.0. The second kappa shape index (κ2) is 8.45. The van der Waals surface area contributed by atoms with Crippen LogP contribution in [0.3, 0.4) is 0 Å². The maximum atomic E-state index is 12.2. The van der Waals surface area contributed by atoms with Gasteiger partial charge in [-0.1, -0.05) is 30.3 Å². The van der Waals surface area contributed by atoms with Crippen LogP contribution in [0.5, 0.6) is 5.75 Å². The summed E-state index contributed by atoms with van der Waals surface area (Å²) in [5, 5.41) is 0.623. The van der Waals surface area contributed by atoms with Crippen molar-refractivity contribution in [3.05, 3.63) is 82.9 Å². The molecular weight excluding hydrogens is 326 g/mol. The SMILES string of the molecule is C=CCN(CCc1nc2ccccc2c(=O)[nH]1)Cc1ccc(OC)cc1. The molecule has 26 heavy (non-hydrogen) atoms. The van der Waals surface area contributed by atoms with E-state index in [0.717, 1.165) is 30.9 Å². The van der Waals surface area contributed by atoms with Gasteiger partial charge in [0, 0.05) is 26.1 Å². The van der Waals surface area contributed by atoms with Gasteiger partial charge in [-0.15, -0.1) is 6.58 Å². The number of hydrogen-bond donors (Lipinski definition) is 1. The summed E-state index contributed by atoms with van der Waals surface area (Å²) in [7, 11) is 1.66. The topological polar surface area (TPSA) is 58.2 Å². The van der Waals surface area contributed by atoms with Crippen molar-refractivity contribution in [1.29, 1.82) is 0 Å². The minimum absolute atomic E-state index is 0.0870. The van der Waals surface area contributed by atoms with Gasteiger partial charge in [-0.05, 0) is 29.8 Å². The fourth-order valence-electron chi connectivity index (χ4n) is 2.92. The average Bonchev–Trinajstić information content (AvgIpc) is 2.67. The van der Waals surface area contributed by atoms with Crippen LogP contribution in [0, 0.1) is 0 Å². The summed E-state index contributed by atoms with van der Waals surface area (Å²) >= 11 is 0. The number of nitrogens with one attached hydrogen (secondary N) is 1. The van der Waals surface area contributed by atoms with Crippen LogP contribution < -0.4 is 10.3 Å². The zero-order chi connectivity index (χ0) is 18.4. The lowest BCUT2D eigenvalue weighted by Crippen LogP contribution is -2.27. The molecule has 5 heteroatoms. The molecule has 0 aliphatic carbocycles. The van der Waals surface area contributed by atoms with Gasteiger partial charge in [0.25, 0.3) is 5.56 Å². The van der Waals surface area contributed by atoms with Crippen molar-refractivity contribution in [3.8, 4) is 5.75 Å². The quantitative estimate of drug-likeness (QED) is 0.635. The molecule has 0 unspecified atom stereocenters. The van der Waals surface area contributed by atoms with Crippen molar-refractivity contribution in [2.24, 2.45) is 0 Å². The molecule has 0 radical (unpaired) electrons. The highest BCUT2D eigenvalue weighted by Crippen LogP contribution is 2.13. The van der Waals surface area contributed by atoms with Crippen molar-refractivity contribution in [3.63, 3.8) is 0 Å². The third-order valence-electron chi connectivity index (χ3n) is 4.28. The second-order valence-electron chi connectivity index (χ2n) is 6.15. The number of hydrogen-bond acceptors (Lipinski definition) is 4. The number of para-hydroxylation sites is 1. The fraction of sp³-hybridized carbons (Fsp3) is 0.238. The lowest BCUT2D eigenvalue weighted by molar-refractivity contribution is 0.296. The Morgan fingerprint density at radius 3 is 2.69 bits per heavy atom. The summed E-state index contributed by atoms with van der Waals surface area (Å²) in [4.78, 5) is 21.9. The maximum Gasteiger partial charge on any atom is 0.258 e. The summed E-state index contributed by atoms with van der Waals surface area (Å²) in [5.41, 5.74) is 1.85. The summed E-state index contributed by atoms with van der Waals surface area (Å²) in [6.07, 6.45) is 2.56. The molecule has 134 valence electrons. The number of fused-ring (bicyclic) bond motifs is 1. The van der Waals surface area contributed by atoms with Crippen molar-refractivity contribution in [2.75, 3.05) is 20.2 Å². The largest absolute Gasteiger partial charge is 0.497 e. The van der Waals surface area contributed by atoms with Crippen LogP contribution in [0.4, 0.5) is 0 Å². The van der Waals surface area contributed by atoms with Gasteiger partial charge in [-0.2, -0.15) is 0 Å². The maximum absolute atomic E-state index is 12.2. The molecule has 1 N–H and O–H groups in total. The lowest BCUT2D eigenvalue weighted by Gasteiger charge is -2.20. The molecule has 0 spiro atoms. The van der Waals surface area contributed by atoms with Gasteiger partial charge in [0.2, 0.25) is 0 Å². The van der Waals surface area contributed by atoms with Crippen molar-refractivity contribution in [1.82, 2.24) is 14.9 Å². The zero-order valence-electron chi connectivity index (χ0n) is 14.9. The monoisotopic (exact) mass is 349 g/mol. The predicted molar refractivity (Wildman–Crippen MR) is 105 cm³/mol. The number of aromatic amines is 1. The molecule has 3 aromatic rings. The lowest BCUT2D eigenvalue weighted by atomic mass is 10.2. The van der Waals surface area contributed by atoms with E-state index < -0.39 is 0 Å². The Hall–Kier alpha value is -2.92. The van der Waals surface area contributed by atoms with Gasteiger partial charge in [-0.3, -0.25) is 9.69 Å². The number of ether oxygens (including phenoxy) is 1. The standard InChI is InChI=1S/C21H23N3O2/c1-3-13-24(15-16-8-10-17(26-2)11-9-16)14-12-20-22-19-7-5-4-6-18(19)21(25)23-20/h3-11H,1,12-15H2,2H3,(H,22,23,25). The molecule has 5 nitrogen and oxygen atoms in total. The van der Waals surface area contributed by atoms with Crippen LogP contribution in [0.25, 0.3) is 10.9 Å². The third kappa shape index (κ3) is 4.37. The fourth-order valence-corrected chi connectivity index (χ4v) is 2.92. The third-order valence-corrected chi connectivity index (χ3v) is 4.28. The molecule has 0 aliphatic heterocycles. The smallest absolute Gasteiger partial charge is 0.258 e. The van der Waals surface area contributed by atoms with E-state index in [0.29, 0.717) is 17.6 Å². The Morgan fingerprint density at radius 2 is 1.96 bits per heavy atom. The molecule has 3 rings (SSSR count). The van der Waals surface area contributed by atoms with Gasteiger partial charge in [-0.25, -0.2) is 4.98 Å². The van der Waals surface area contributed by atoms with E-state index in [2.05, 4.69) is 33.6 Å². The predicted octanol–water partition coefficient (Wildman–Crippen LogP) is 3.16. The number of rotatable bonds is 8. The molecule has 0 bridgehead atoms. The Morgan fingerprint density at radius 1 is 1.19 bits per heavy atom. The summed E-state index contributed by atoms with van der Waals surface area (Å²) in [5.74, 6) is 1.56. The molecular formula is C21H23N3O2. The Labute approximate surface area is 153 Å². The molecule has 1 heterocycles. The van der Waals surface area contributed by atoms with Crippen LogP contribution in [0.2, 0.25) is 0 Å². The van der Waals surface area contributed by atoms with Crippen LogP contribution >= 0.6 is 0 Å². The van der Waals surface area contributed by atoms with Gasteiger partial charge in [0.05, 0.1) is 18.0 Å². The first-order valence-electron chi connectivity index (χ1n) is 8.63. The highest BCUT2D eigenvalue weighted by Gasteiger charge is 2.08. The number of benzene rings is 2. The average molecular weight is 349 g/mol. The van der Waals surface area contributed by atoms with Gasteiger partial charge >= 0.3 is 0 Å². The van der Waals surface area contributed by atoms with Crippen LogP contribution in [-0.2, 0) is 13.0 Å². The minimum Gasteiger partial charge on any atom is -0.497 e. The Kier molecular flexibility index (Phi) is 5.81. The Bertz CT molecular complexity index is 932. The number of H-pyrrole nitrogens is 1. The van der Waals surface area contributed by atoms with Crippen molar-refractivity contribution < 1.29 is 4.74 Å². The van der Waals surface area contributed by atoms with Crippen molar-refractivity contribution >= 4 is 10.9 Å². The van der Waals surface area contributed by atoms with E-state index in [1.165, 1.54) is 5.56 Å². The van der Waals surface area contributed by atoms with Crippen LogP contribution in [0.15, 0.2) is 66.0 Å². The summed E-state index contributed by atoms with van der Waals surface area (Å²) in [6.45, 7) is 6.19. The number of nitrogens with zero attached hydrogens (tertiary/aromatic N) is 2. The molecule has 0 fully saturated rings. The molecule has 0 aliphatic rings. The number of methoxy groups -OCH3 is 1. The molecule has 2 aromatic carbocycles. The van der Waals surface area contributed by atoms with E-state index in [4.69, 9.17) is 4.74 Å². The zero-order valence-corrected chi connectivity index (χ0v) is 14.9. The van der Waals surface area contributed by atoms with E-state index in [-0.39, 0.29) is 5.56 Å². The Balaban J connectivity index is 1.70. The van der Waals surface area contributed by atoms with E-state index in [9.17, 15) is 4.79 Å². The second-order valence-corrected chi connectivity index (χ2v) is 6.15. The van der Waals surface area contributed by atoms with Crippen molar-refractivity contribution in [2.45, 2.75) is 13.0 Å². The molecule has 0 amide bonds. The molecule has 0 saturated carbocycles.